The number of fused-ring (bicyclic) bond motifs is 1. The normalized spacial score (nSPS) is 9.56. The number of hydrogen-bond acceptors (Lipinski definition) is 2. The standard InChI is InChI=1S/C10H8S.C3H4N2/c11-10-6-5-8-3-1-2-4-9(8)7-10;1-2-5-3-4-1/h1-7,11H;1-3H,(H,4,5). The third-order valence-electron chi connectivity index (χ3n) is 2.14. The van der Waals surface area contributed by atoms with Crippen LogP contribution in [0.2, 0.25) is 0 Å². The molecule has 1 N–H and O–H groups in total. The molecule has 0 unspecified atom stereocenters. The molecule has 1 aromatic heterocycles. The molecule has 2 aromatic carbocycles. The van der Waals surface area contributed by atoms with Gasteiger partial charge in [0.1, 0.15) is 0 Å². The molecule has 0 amide bonds. The van der Waals surface area contributed by atoms with E-state index in [-0.39, 0.29) is 0 Å². The van der Waals surface area contributed by atoms with Gasteiger partial charge in [0, 0.05) is 17.3 Å². The van der Waals surface area contributed by atoms with Crippen molar-refractivity contribution in [1.82, 2.24) is 9.97 Å². The number of rotatable bonds is 0. The number of H-pyrrole nitrogens is 1. The second-order valence-corrected chi connectivity index (χ2v) is 3.81. The highest BCUT2D eigenvalue weighted by molar-refractivity contribution is 7.80. The highest BCUT2D eigenvalue weighted by Crippen LogP contribution is 2.17. The maximum atomic E-state index is 4.26. The quantitative estimate of drug-likeness (QED) is 0.566. The average molecular weight is 228 g/mol. The molecule has 16 heavy (non-hydrogen) atoms. The molecule has 3 rings (SSSR count). The van der Waals surface area contributed by atoms with Crippen molar-refractivity contribution >= 4 is 23.4 Å². The molecule has 0 fully saturated rings. The van der Waals surface area contributed by atoms with Gasteiger partial charge >= 0.3 is 0 Å². The van der Waals surface area contributed by atoms with E-state index < -0.39 is 0 Å². The Morgan fingerprint density at radius 3 is 2.44 bits per heavy atom. The Bertz CT molecular complexity index is 529. The van der Waals surface area contributed by atoms with E-state index in [0.29, 0.717) is 0 Å². The van der Waals surface area contributed by atoms with E-state index in [2.05, 4.69) is 46.9 Å². The van der Waals surface area contributed by atoms with Crippen molar-refractivity contribution in [3.63, 3.8) is 0 Å². The van der Waals surface area contributed by atoms with Crippen LogP contribution in [0.1, 0.15) is 0 Å². The van der Waals surface area contributed by atoms with Gasteiger partial charge in [-0.1, -0.05) is 30.3 Å². The Hall–Kier alpha value is -1.74. The minimum atomic E-state index is 1.02. The smallest absolute Gasteiger partial charge is 0.0919 e. The second kappa shape index (κ2) is 5.37. The van der Waals surface area contributed by atoms with Crippen LogP contribution in [-0.4, -0.2) is 9.97 Å². The molecule has 0 aliphatic heterocycles. The van der Waals surface area contributed by atoms with E-state index in [9.17, 15) is 0 Å². The summed E-state index contributed by atoms with van der Waals surface area (Å²) in [6.07, 6.45) is 5.08. The molecule has 0 saturated carbocycles. The van der Waals surface area contributed by atoms with Gasteiger partial charge in [-0.3, -0.25) is 0 Å². The van der Waals surface area contributed by atoms with Crippen molar-refractivity contribution in [3.8, 4) is 0 Å². The molecule has 1 heterocycles. The first-order chi connectivity index (χ1) is 7.86. The highest BCUT2D eigenvalue weighted by Gasteiger charge is 1.90. The lowest BCUT2D eigenvalue weighted by molar-refractivity contribution is 1.31. The zero-order chi connectivity index (χ0) is 11.2. The van der Waals surface area contributed by atoms with Crippen molar-refractivity contribution in [2.24, 2.45) is 0 Å². The van der Waals surface area contributed by atoms with E-state index in [1.807, 2.05) is 18.2 Å². The number of aromatic nitrogens is 2. The van der Waals surface area contributed by atoms with Gasteiger partial charge in [-0.15, -0.1) is 12.6 Å². The summed E-state index contributed by atoms with van der Waals surface area (Å²) in [5.41, 5.74) is 0. The van der Waals surface area contributed by atoms with E-state index >= 15 is 0 Å². The average Bonchev–Trinajstić information content (AvgIpc) is 2.87. The van der Waals surface area contributed by atoms with Gasteiger partial charge in [-0.25, -0.2) is 4.98 Å². The first kappa shape index (κ1) is 10.8. The zero-order valence-corrected chi connectivity index (χ0v) is 9.56. The van der Waals surface area contributed by atoms with Gasteiger partial charge in [0.05, 0.1) is 6.33 Å². The van der Waals surface area contributed by atoms with Crippen LogP contribution in [0.4, 0.5) is 0 Å². The van der Waals surface area contributed by atoms with E-state index in [4.69, 9.17) is 0 Å². The Morgan fingerprint density at radius 1 is 1.00 bits per heavy atom. The molecular formula is C13H12N2S. The predicted octanol–water partition coefficient (Wildman–Crippen LogP) is 3.54. The predicted molar refractivity (Wildman–Crippen MR) is 69.8 cm³/mol. The maximum absolute atomic E-state index is 4.26. The number of hydrogen-bond donors (Lipinski definition) is 2. The second-order valence-electron chi connectivity index (χ2n) is 3.29. The molecule has 0 bridgehead atoms. The molecule has 3 aromatic rings. The van der Waals surface area contributed by atoms with Crippen LogP contribution < -0.4 is 0 Å². The van der Waals surface area contributed by atoms with Crippen LogP contribution in [0.25, 0.3) is 10.8 Å². The van der Waals surface area contributed by atoms with Gasteiger partial charge in [-0.2, -0.15) is 0 Å². The number of aromatic amines is 1. The molecule has 0 saturated heterocycles. The van der Waals surface area contributed by atoms with Crippen molar-refractivity contribution in [3.05, 3.63) is 61.2 Å². The summed E-state index contributed by atoms with van der Waals surface area (Å²) in [6, 6.07) is 14.4. The first-order valence-electron chi connectivity index (χ1n) is 4.97. The van der Waals surface area contributed by atoms with Gasteiger partial charge in [0.15, 0.2) is 0 Å². The highest BCUT2D eigenvalue weighted by atomic mass is 32.1. The number of imidazole rings is 1. The van der Waals surface area contributed by atoms with E-state index in [1.165, 1.54) is 10.8 Å². The fourth-order valence-electron chi connectivity index (χ4n) is 1.39. The van der Waals surface area contributed by atoms with Crippen molar-refractivity contribution in [1.29, 1.82) is 0 Å². The fraction of sp³-hybridized carbons (Fsp3) is 0. The number of nitrogens with zero attached hydrogens (tertiary/aromatic N) is 1. The van der Waals surface area contributed by atoms with Crippen LogP contribution in [-0.2, 0) is 0 Å². The molecule has 0 atom stereocenters. The summed E-state index contributed by atoms with van der Waals surface area (Å²) in [4.78, 5) is 7.43. The molecule has 2 nitrogen and oxygen atoms in total. The van der Waals surface area contributed by atoms with Crippen LogP contribution in [0.15, 0.2) is 66.1 Å². The van der Waals surface area contributed by atoms with Gasteiger partial charge in [0.25, 0.3) is 0 Å². The van der Waals surface area contributed by atoms with Crippen molar-refractivity contribution < 1.29 is 0 Å². The van der Waals surface area contributed by atoms with E-state index in [1.54, 1.807) is 18.7 Å². The monoisotopic (exact) mass is 228 g/mol. The Morgan fingerprint density at radius 2 is 1.81 bits per heavy atom. The topological polar surface area (TPSA) is 28.7 Å². The minimum absolute atomic E-state index is 1.02. The molecule has 0 radical (unpaired) electrons. The summed E-state index contributed by atoms with van der Waals surface area (Å²) in [5, 5.41) is 2.52. The summed E-state index contributed by atoms with van der Waals surface area (Å²) < 4.78 is 0. The molecule has 0 aliphatic rings. The molecule has 3 heteroatoms. The summed E-state index contributed by atoms with van der Waals surface area (Å²) in [6.45, 7) is 0. The zero-order valence-electron chi connectivity index (χ0n) is 8.67. The summed E-state index contributed by atoms with van der Waals surface area (Å²) in [7, 11) is 0. The van der Waals surface area contributed by atoms with Crippen LogP contribution in [0.5, 0.6) is 0 Å². The third kappa shape index (κ3) is 2.87. The molecule has 0 spiro atoms. The maximum Gasteiger partial charge on any atom is 0.0919 e. The van der Waals surface area contributed by atoms with Gasteiger partial charge < -0.3 is 4.98 Å². The summed E-state index contributed by atoms with van der Waals surface area (Å²) in [5.74, 6) is 0. The number of benzene rings is 2. The Labute approximate surface area is 99.8 Å². The third-order valence-corrected chi connectivity index (χ3v) is 2.42. The lowest BCUT2D eigenvalue weighted by Crippen LogP contribution is -1.70. The fourth-order valence-corrected chi connectivity index (χ4v) is 1.61. The summed E-state index contributed by atoms with van der Waals surface area (Å²) >= 11 is 4.26. The Balaban J connectivity index is 0.000000162. The first-order valence-corrected chi connectivity index (χ1v) is 5.41. The molecule has 0 aliphatic carbocycles. The van der Waals surface area contributed by atoms with Gasteiger partial charge in [0.2, 0.25) is 0 Å². The lowest BCUT2D eigenvalue weighted by Gasteiger charge is -1.96. The van der Waals surface area contributed by atoms with Gasteiger partial charge in [-0.05, 0) is 22.9 Å². The van der Waals surface area contributed by atoms with Crippen LogP contribution in [0.3, 0.4) is 0 Å². The van der Waals surface area contributed by atoms with E-state index in [0.717, 1.165) is 4.90 Å². The SMILES string of the molecule is Sc1ccc2ccccc2c1.c1c[nH]cn1. The molecule has 80 valence electrons. The van der Waals surface area contributed by atoms with Crippen LogP contribution >= 0.6 is 12.6 Å². The largest absolute Gasteiger partial charge is 0.351 e. The lowest BCUT2D eigenvalue weighted by atomic mass is 10.1. The van der Waals surface area contributed by atoms with Crippen molar-refractivity contribution in [2.45, 2.75) is 4.90 Å². The minimum Gasteiger partial charge on any atom is -0.351 e. The van der Waals surface area contributed by atoms with Crippen LogP contribution in [0, 0.1) is 0 Å². The van der Waals surface area contributed by atoms with Crippen molar-refractivity contribution in [2.75, 3.05) is 0 Å². The molecular weight excluding hydrogens is 216 g/mol. The number of nitrogens with one attached hydrogen (secondary N) is 1. The Kier molecular flexibility index (Phi) is 3.62. The number of thiol groups is 1.